The Labute approximate surface area is 83.0 Å². The van der Waals surface area contributed by atoms with Gasteiger partial charge in [-0.1, -0.05) is 20.3 Å². The van der Waals surface area contributed by atoms with Gasteiger partial charge in [0.05, 0.1) is 6.04 Å². The third kappa shape index (κ3) is 1.64. The van der Waals surface area contributed by atoms with Crippen molar-refractivity contribution < 1.29 is 14.7 Å². The fraction of sp³-hybridized carbons (Fsp3) is 0.600. The van der Waals surface area contributed by atoms with Crippen LogP contribution in [0.4, 0.5) is 0 Å². The van der Waals surface area contributed by atoms with Gasteiger partial charge in [0.25, 0.3) is 5.91 Å². The number of ketones is 1. The van der Waals surface area contributed by atoms with Gasteiger partial charge in [-0.2, -0.15) is 0 Å². The fourth-order valence-corrected chi connectivity index (χ4v) is 1.54. The quantitative estimate of drug-likeness (QED) is 0.661. The normalized spacial score (nSPS) is 23.6. The lowest BCUT2D eigenvalue weighted by Gasteiger charge is -2.17. The first-order valence-corrected chi connectivity index (χ1v) is 4.74. The van der Waals surface area contributed by atoms with Gasteiger partial charge in [-0.3, -0.25) is 9.59 Å². The first-order valence-electron chi connectivity index (χ1n) is 4.74. The van der Waals surface area contributed by atoms with Gasteiger partial charge < -0.3 is 10.4 Å². The lowest BCUT2D eigenvalue weighted by molar-refractivity contribution is -0.121. The highest BCUT2D eigenvalue weighted by molar-refractivity contribution is 6.20. The average molecular weight is 197 g/mol. The van der Waals surface area contributed by atoms with Crippen molar-refractivity contribution in [2.75, 3.05) is 0 Å². The van der Waals surface area contributed by atoms with Crippen molar-refractivity contribution in [3.63, 3.8) is 0 Å². The number of aliphatic hydroxyl groups is 1. The molecule has 0 spiro atoms. The molecule has 2 atom stereocenters. The first-order chi connectivity index (χ1) is 6.49. The maximum absolute atomic E-state index is 11.3. The summed E-state index contributed by atoms with van der Waals surface area (Å²) in [7, 11) is 0. The number of hydrogen-bond donors (Lipinski definition) is 2. The third-order valence-electron chi connectivity index (χ3n) is 2.63. The van der Waals surface area contributed by atoms with E-state index in [1.165, 1.54) is 6.92 Å². The summed E-state index contributed by atoms with van der Waals surface area (Å²) in [5.41, 5.74) is -0.0877. The molecule has 2 N–H and O–H groups in total. The molecule has 0 fully saturated rings. The molecule has 0 aromatic rings. The van der Waals surface area contributed by atoms with Crippen LogP contribution in [0, 0.1) is 5.92 Å². The van der Waals surface area contributed by atoms with Crippen molar-refractivity contribution in [3.05, 3.63) is 11.3 Å². The molecule has 4 nitrogen and oxygen atoms in total. The van der Waals surface area contributed by atoms with Gasteiger partial charge in [-0.15, -0.1) is 0 Å². The van der Waals surface area contributed by atoms with E-state index in [-0.39, 0.29) is 23.0 Å². The zero-order valence-corrected chi connectivity index (χ0v) is 8.63. The van der Waals surface area contributed by atoms with Crippen LogP contribution in [0.5, 0.6) is 0 Å². The predicted molar refractivity (Wildman–Crippen MR) is 51.7 cm³/mol. The van der Waals surface area contributed by atoms with Gasteiger partial charge >= 0.3 is 0 Å². The first kappa shape index (κ1) is 10.8. The Morgan fingerprint density at radius 3 is 2.57 bits per heavy atom. The van der Waals surface area contributed by atoms with Crippen LogP contribution in [0.25, 0.3) is 0 Å². The van der Waals surface area contributed by atoms with Gasteiger partial charge in [-0.25, -0.2) is 0 Å². The maximum Gasteiger partial charge on any atom is 0.259 e. The molecule has 78 valence electrons. The number of aliphatic hydroxyl groups excluding tert-OH is 1. The van der Waals surface area contributed by atoms with Crippen LogP contribution < -0.4 is 5.32 Å². The van der Waals surface area contributed by atoms with Crippen LogP contribution in [0.3, 0.4) is 0 Å². The number of rotatable bonds is 3. The largest absolute Gasteiger partial charge is 0.509 e. The molecular formula is C10H15NO3. The SMILES string of the molecule is CC[C@H](C)C1NC(=O)C(C(C)=O)=C1O. The molecule has 1 heterocycles. The van der Waals surface area contributed by atoms with Crippen LogP contribution in [-0.4, -0.2) is 22.8 Å². The lowest BCUT2D eigenvalue weighted by Crippen LogP contribution is -2.34. The molecule has 0 aromatic heterocycles. The van der Waals surface area contributed by atoms with E-state index in [9.17, 15) is 14.7 Å². The second kappa shape index (κ2) is 3.82. The van der Waals surface area contributed by atoms with Crippen LogP contribution in [0.15, 0.2) is 11.3 Å². The Morgan fingerprint density at radius 2 is 2.21 bits per heavy atom. The van der Waals surface area contributed by atoms with E-state index >= 15 is 0 Å². The van der Waals surface area contributed by atoms with E-state index < -0.39 is 11.9 Å². The Morgan fingerprint density at radius 1 is 1.64 bits per heavy atom. The summed E-state index contributed by atoms with van der Waals surface area (Å²) in [5.74, 6) is -0.807. The maximum atomic E-state index is 11.3. The molecule has 14 heavy (non-hydrogen) atoms. The van der Waals surface area contributed by atoms with E-state index in [1.807, 2.05) is 13.8 Å². The molecular weight excluding hydrogens is 182 g/mol. The molecule has 0 aromatic carbocycles. The van der Waals surface area contributed by atoms with E-state index in [0.717, 1.165) is 6.42 Å². The average Bonchev–Trinajstić information content (AvgIpc) is 2.40. The molecule has 0 bridgehead atoms. The highest BCUT2D eigenvalue weighted by Gasteiger charge is 2.36. The second-order valence-electron chi connectivity index (χ2n) is 3.65. The van der Waals surface area contributed by atoms with E-state index in [0.29, 0.717) is 0 Å². The lowest BCUT2D eigenvalue weighted by atomic mass is 9.97. The smallest absolute Gasteiger partial charge is 0.259 e. The summed E-state index contributed by atoms with van der Waals surface area (Å²) < 4.78 is 0. The van der Waals surface area contributed by atoms with E-state index in [4.69, 9.17) is 0 Å². The molecule has 4 heteroatoms. The number of nitrogens with one attached hydrogen (secondary N) is 1. The zero-order valence-electron chi connectivity index (χ0n) is 8.63. The Kier molecular flexibility index (Phi) is 2.93. The third-order valence-corrected chi connectivity index (χ3v) is 2.63. The number of amides is 1. The number of hydrogen-bond acceptors (Lipinski definition) is 3. The minimum absolute atomic E-state index is 0.0877. The Hall–Kier alpha value is -1.32. The molecule has 0 saturated carbocycles. The van der Waals surface area contributed by atoms with Gasteiger partial charge in [0.15, 0.2) is 5.78 Å². The summed E-state index contributed by atoms with van der Waals surface area (Å²) in [6, 6.07) is -0.397. The molecule has 0 aliphatic carbocycles. The molecule has 1 amide bonds. The number of Topliss-reactive ketones (excluding diaryl/α,β-unsaturated/α-hetero) is 1. The second-order valence-corrected chi connectivity index (χ2v) is 3.65. The topological polar surface area (TPSA) is 66.4 Å². The minimum Gasteiger partial charge on any atom is -0.509 e. The molecule has 0 saturated heterocycles. The van der Waals surface area contributed by atoms with Gasteiger partial charge in [0, 0.05) is 0 Å². The van der Waals surface area contributed by atoms with Crippen molar-refractivity contribution >= 4 is 11.7 Å². The molecule has 1 rings (SSSR count). The van der Waals surface area contributed by atoms with E-state index in [1.54, 1.807) is 0 Å². The van der Waals surface area contributed by atoms with Crippen LogP contribution in [0.2, 0.25) is 0 Å². The minimum atomic E-state index is -0.458. The zero-order chi connectivity index (χ0) is 10.9. The van der Waals surface area contributed by atoms with Crippen molar-refractivity contribution in [2.45, 2.75) is 33.2 Å². The highest BCUT2D eigenvalue weighted by Crippen LogP contribution is 2.23. The predicted octanol–water partition coefficient (Wildman–Crippen LogP) is 0.932. The summed E-state index contributed by atoms with van der Waals surface area (Å²) in [6.45, 7) is 5.17. The van der Waals surface area contributed by atoms with Gasteiger partial charge in [0.1, 0.15) is 11.3 Å². The highest BCUT2D eigenvalue weighted by atomic mass is 16.3. The summed E-state index contributed by atoms with van der Waals surface area (Å²) in [6.07, 6.45) is 0.834. The van der Waals surface area contributed by atoms with Crippen LogP contribution in [-0.2, 0) is 9.59 Å². The van der Waals surface area contributed by atoms with Gasteiger partial charge in [-0.05, 0) is 12.8 Å². The standard InChI is InChI=1S/C10H15NO3/c1-4-5(2)8-9(13)7(6(3)12)10(14)11-8/h5,8,13H,4H2,1-3H3,(H,11,14)/t5-,8?/m0/s1. The number of carbonyl (C=O) groups excluding carboxylic acids is 2. The fourth-order valence-electron chi connectivity index (χ4n) is 1.54. The molecule has 1 aliphatic heterocycles. The molecule has 1 aliphatic rings. The summed E-state index contributed by atoms with van der Waals surface area (Å²) >= 11 is 0. The number of carbonyl (C=O) groups is 2. The van der Waals surface area contributed by atoms with Crippen molar-refractivity contribution in [1.82, 2.24) is 5.32 Å². The van der Waals surface area contributed by atoms with Crippen molar-refractivity contribution in [1.29, 1.82) is 0 Å². The Bertz CT molecular complexity index is 306. The van der Waals surface area contributed by atoms with Crippen molar-refractivity contribution in [2.24, 2.45) is 5.92 Å². The Balaban J connectivity index is 2.98. The summed E-state index contributed by atoms with van der Waals surface area (Å²) in [4.78, 5) is 22.4. The molecule has 1 unspecified atom stereocenters. The summed E-state index contributed by atoms with van der Waals surface area (Å²) in [5, 5.41) is 12.3. The van der Waals surface area contributed by atoms with Crippen LogP contribution in [0.1, 0.15) is 27.2 Å². The van der Waals surface area contributed by atoms with E-state index in [2.05, 4.69) is 5.32 Å². The molecule has 0 radical (unpaired) electrons. The van der Waals surface area contributed by atoms with Gasteiger partial charge in [0.2, 0.25) is 0 Å². The monoisotopic (exact) mass is 197 g/mol. The van der Waals surface area contributed by atoms with Crippen LogP contribution >= 0.6 is 0 Å². The van der Waals surface area contributed by atoms with Crippen molar-refractivity contribution in [3.8, 4) is 0 Å².